The maximum absolute atomic E-state index is 13.0. The molecule has 1 aliphatic rings. The molecule has 32 heavy (non-hydrogen) atoms. The first kappa shape index (κ1) is 23.3. The van der Waals surface area contributed by atoms with E-state index in [1.54, 1.807) is 50.1 Å². The minimum Gasteiger partial charge on any atom is -0.497 e. The number of rotatable bonds is 7. The summed E-state index contributed by atoms with van der Waals surface area (Å²) in [5.74, 6) is -1.49. The van der Waals surface area contributed by atoms with Gasteiger partial charge in [-0.25, -0.2) is 4.79 Å². The average Bonchev–Trinajstić information content (AvgIpc) is 3.33. The summed E-state index contributed by atoms with van der Waals surface area (Å²) in [4.78, 5) is 52.0. The molecule has 170 valence electrons. The van der Waals surface area contributed by atoms with Crippen LogP contribution in [0.25, 0.3) is 0 Å². The SMILES string of the molecule is CCOC(=O)c1c(NC(=O)C2CC(=O)N(c3ccc(OC)cc3)C2)sc(C(=O)NC)c1C. The number of hydrogen-bond acceptors (Lipinski definition) is 7. The van der Waals surface area contributed by atoms with Crippen molar-refractivity contribution in [1.29, 1.82) is 0 Å². The molecule has 0 spiro atoms. The van der Waals surface area contributed by atoms with Crippen molar-refractivity contribution in [1.82, 2.24) is 5.32 Å². The molecule has 0 aliphatic carbocycles. The fraction of sp³-hybridized carbons (Fsp3) is 0.364. The molecule has 1 fully saturated rings. The number of ether oxygens (including phenoxy) is 2. The number of carbonyl (C=O) groups is 4. The largest absolute Gasteiger partial charge is 0.497 e. The number of nitrogens with one attached hydrogen (secondary N) is 2. The summed E-state index contributed by atoms with van der Waals surface area (Å²) in [6.07, 6.45) is 0.0409. The van der Waals surface area contributed by atoms with Crippen LogP contribution in [0, 0.1) is 12.8 Å². The van der Waals surface area contributed by atoms with E-state index >= 15 is 0 Å². The van der Waals surface area contributed by atoms with Gasteiger partial charge in [0.05, 0.1) is 30.1 Å². The highest BCUT2D eigenvalue weighted by atomic mass is 32.1. The van der Waals surface area contributed by atoms with E-state index in [1.165, 1.54) is 7.05 Å². The van der Waals surface area contributed by atoms with E-state index in [4.69, 9.17) is 9.47 Å². The number of hydrogen-bond donors (Lipinski definition) is 2. The second-order valence-electron chi connectivity index (χ2n) is 7.15. The fourth-order valence-corrected chi connectivity index (χ4v) is 4.63. The molecule has 1 saturated heterocycles. The van der Waals surface area contributed by atoms with Crippen molar-refractivity contribution in [3.8, 4) is 5.75 Å². The molecule has 0 radical (unpaired) electrons. The summed E-state index contributed by atoms with van der Waals surface area (Å²) >= 11 is 1.00. The van der Waals surface area contributed by atoms with Gasteiger partial charge in [0.25, 0.3) is 5.91 Å². The lowest BCUT2D eigenvalue weighted by molar-refractivity contribution is -0.122. The second kappa shape index (κ2) is 9.82. The van der Waals surface area contributed by atoms with Gasteiger partial charge in [0.1, 0.15) is 10.8 Å². The lowest BCUT2D eigenvalue weighted by atomic mass is 10.1. The van der Waals surface area contributed by atoms with Crippen molar-refractivity contribution in [2.75, 3.05) is 37.5 Å². The number of anilines is 2. The van der Waals surface area contributed by atoms with Crippen molar-refractivity contribution in [2.45, 2.75) is 20.3 Å². The third kappa shape index (κ3) is 4.59. The Bertz CT molecular complexity index is 1050. The molecule has 2 aromatic rings. The number of amides is 3. The minimum atomic E-state index is -0.617. The lowest BCUT2D eigenvalue weighted by Gasteiger charge is -2.17. The molecule has 1 aromatic carbocycles. The van der Waals surface area contributed by atoms with Gasteiger partial charge >= 0.3 is 5.97 Å². The zero-order chi connectivity index (χ0) is 23.4. The zero-order valence-electron chi connectivity index (χ0n) is 18.3. The number of carbonyl (C=O) groups excluding carboxylic acids is 4. The third-order valence-corrected chi connectivity index (χ3v) is 6.38. The van der Waals surface area contributed by atoms with Crippen LogP contribution in [-0.4, -0.2) is 51.0 Å². The molecule has 3 amide bonds. The van der Waals surface area contributed by atoms with Gasteiger partial charge in [0, 0.05) is 25.7 Å². The van der Waals surface area contributed by atoms with E-state index in [0.717, 1.165) is 11.3 Å². The standard InChI is InChI=1S/C22H25N3O6S/c1-5-31-22(29)17-12(2)18(20(28)23-3)32-21(17)24-19(27)13-10-16(26)25(11-13)14-6-8-15(30-4)9-7-14/h6-9,13H,5,10-11H2,1-4H3,(H,23,28)(H,24,27). The molecule has 2 N–H and O–H groups in total. The Balaban J connectivity index is 1.81. The van der Waals surface area contributed by atoms with E-state index in [-0.39, 0.29) is 42.0 Å². The van der Waals surface area contributed by atoms with E-state index in [9.17, 15) is 19.2 Å². The molecular formula is C22H25N3O6S. The van der Waals surface area contributed by atoms with E-state index in [1.807, 2.05) is 0 Å². The van der Waals surface area contributed by atoms with Gasteiger partial charge in [-0.2, -0.15) is 0 Å². The Hall–Kier alpha value is -3.40. The van der Waals surface area contributed by atoms with Gasteiger partial charge in [-0.05, 0) is 43.7 Å². The molecule has 2 heterocycles. The number of esters is 1. The molecule has 1 unspecified atom stereocenters. The smallest absolute Gasteiger partial charge is 0.341 e. The summed E-state index contributed by atoms with van der Waals surface area (Å²) in [7, 11) is 3.05. The molecule has 0 bridgehead atoms. The Morgan fingerprint density at radius 3 is 2.50 bits per heavy atom. The van der Waals surface area contributed by atoms with Crippen LogP contribution >= 0.6 is 11.3 Å². The van der Waals surface area contributed by atoms with Gasteiger partial charge in [-0.15, -0.1) is 11.3 Å². The average molecular weight is 460 g/mol. The van der Waals surface area contributed by atoms with Crippen LogP contribution in [0.2, 0.25) is 0 Å². The van der Waals surface area contributed by atoms with Crippen LogP contribution in [0.3, 0.4) is 0 Å². The Morgan fingerprint density at radius 2 is 1.91 bits per heavy atom. The molecule has 9 nitrogen and oxygen atoms in total. The highest BCUT2D eigenvalue weighted by molar-refractivity contribution is 7.18. The summed E-state index contributed by atoms with van der Waals surface area (Å²) in [6.45, 7) is 3.67. The van der Waals surface area contributed by atoms with Gasteiger partial charge in [-0.3, -0.25) is 14.4 Å². The van der Waals surface area contributed by atoms with Gasteiger partial charge in [-0.1, -0.05) is 0 Å². The molecule has 1 aliphatic heterocycles. The highest BCUT2D eigenvalue weighted by Crippen LogP contribution is 2.35. The summed E-state index contributed by atoms with van der Waals surface area (Å²) in [6, 6.07) is 7.01. The Labute approximate surface area is 189 Å². The number of methoxy groups -OCH3 is 1. The molecule has 1 atom stereocenters. The van der Waals surface area contributed by atoms with Crippen LogP contribution in [0.15, 0.2) is 24.3 Å². The van der Waals surface area contributed by atoms with Crippen LogP contribution in [0.5, 0.6) is 5.75 Å². The Morgan fingerprint density at radius 1 is 1.22 bits per heavy atom. The van der Waals surface area contributed by atoms with Crippen LogP contribution in [0.1, 0.15) is 38.9 Å². The van der Waals surface area contributed by atoms with Gasteiger partial charge in [0.2, 0.25) is 11.8 Å². The normalized spacial score (nSPS) is 15.4. The molecule has 0 saturated carbocycles. The maximum atomic E-state index is 13.0. The van der Waals surface area contributed by atoms with Crippen molar-refractivity contribution >= 4 is 45.7 Å². The number of thiophene rings is 1. The Kier molecular flexibility index (Phi) is 7.14. The second-order valence-corrected chi connectivity index (χ2v) is 8.17. The van der Waals surface area contributed by atoms with Gasteiger partial charge in [0.15, 0.2) is 0 Å². The molecule has 1 aromatic heterocycles. The predicted molar refractivity (Wildman–Crippen MR) is 120 cm³/mol. The molecule has 3 rings (SSSR count). The minimum absolute atomic E-state index is 0.0409. The first-order valence-corrected chi connectivity index (χ1v) is 10.9. The summed E-state index contributed by atoms with van der Waals surface area (Å²) < 4.78 is 10.2. The van der Waals surface area contributed by atoms with Crippen molar-refractivity contribution in [3.63, 3.8) is 0 Å². The maximum Gasteiger partial charge on any atom is 0.341 e. The summed E-state index contributed by atoms with van der Waals surface area (Å²) in [5.41, 5.74) is 1.26. The molecular weight excluding hydrogens is 434 g/mol. The summed E-state index contributed by atoms with van der Waals surface area (Å²) in [5, 5.41) is 5.50. The quantitative estimate of drug-likeness (QED) is 0.615. The first-order chi connectivity index (χ1) is 15.3. The van der Waals surface area contributed by atoms with E-state index in [0.29, 0.717) is 21.9 Å². The van der Waals surface area contributed by atoms with Crippen molar-refractivity contribution in [3.05, 3.63) is 40.3 Å². The monoisotopic (exact) mass is 459 g/mol. The van der Waals surface area contributed by atoms with Crippen molar-refractivity contribution < 1.29 is 28.7 Å². The highest BCUT2D eigenvalue weighted by Gasteiger charge is 2.36. The zero-order valence-corrected chi connectivity index (χ0v) is 19.1. The number of nitrogens with zero attached hydrogens (tertiary/aromatic N) is 1. The fourth-order valence-electron chi connectivity index (χ4n) is 3.49. The third-order valence-electron chi connectivity index (χ3n) is 5.18. The topological polar surface area (TPSA) is 114 Å². The van der Waals surface area contributed by atoms with Gasteiger partial charge < -0.3 is 25.0 Å². The van der Waals surface area contributed by atoms with E-state index in [2.05, 4.69) is 10.6 Å². The van der Waals surface area contributed by atoms with Crippen LogP contribution < -0.4 is 20.3 Å². The van der Waals surface area contributed by atoms with Crippen LogP contribution in [0.4, 0.5) is 10.7 Å². The first-order valence-electron chi connectivity index (χ1n) is 10.1. The van der Waals surface area contributed by atoms with E-state index < -0.39 is 17.8 Å². The number of benzene rings is 1. The predicted octanol–water partition coefficient (Wildman–Crippen LogP) is 2.59. The van der Waals surface area contributed by atoms with Crippen molar-refractivity contribution in [2.24, 2.45) is 5.92 Å². The van der Waals surface area contributed by atoms with Crippen LogP contribution in [-0.2, 0) is 14.3 Å². The molecule has 10 heteroatoms. The lowest BCUT2D eigenvalue weighted by Crippen LogP contribution is -2.28.